The minimum absolute atomic E-state index is 0.107. The zero-order valence-electron chi connectivity index (χ0n) is 11.4. The molecule has 18 heavy (non-hydrogen) atoms. The van der Waals surface area contributed by atoms with E-state index in [-0.39, 0.29) is 19.7 Å². The molecule has 0 atom stereocenters. The largest absolute Gasteiger partial charge is 0.449 e. The van der Waals surface area contributed by atoms with Gasteiger partial charge in [0, 0.05) is 18.6 Å². The van der Waals surface area contributed by atoms with Crippen molar-refractivity contribution in [3.8, 4) is 0 Å². The molecule has 108 valence electrons. The Morgan fingerprint density at radius 2 is 1.94 bits per heavy atom. The number of amides is 1. The SMILES string of the molecule is CCCN(C(C)(C)CN)S(=O)(=O)NC(=O)OCC. The van der Waals surface area contributed by atoms with Gasteiger partial charge < -0.3 is 10.5 Å². The van der Waals surface area contributed by atoms with Crippen LogP contribution in [0.2, 0.25) is 0 Å². The van der Waals surface area contributed by atoms with Crippen LogP contribution in [-0.4, -0.2) is 44.1 Å². The summed E-state index contributed by atoms with van der Waals surface area (Å²) in [7, 11) is -3.95. The Morgan fingerprint density at radius 1 is 1.39 bits per heavy atom. The highest BCUT2D eigenvalue weighted by molar-refractivity contribution is 7.87. The molecule has 0 spiro atoms. The molecule has 0 aliphatic rings. The zero-order valence-corrected chi connectivity index (χ0v) is 12.2. The van der Waals surface area contributed by atoms with Gasteiger partial charge in [-0.05, 0) is 27.2 Å². The first-order chi connectivity index (χ1) is 8.21. The molecule has 1 amide bonds. The number of nitrogens with zero attached hydrogens (tertiary/aromatic N) is 1. The standard InChI is InChI=1S/C10H23N3O4S/c1-5-7-13(10(3,4)8-11)18(15,16)12-9(14)17-6-2/h5-8,11H2,1-4H3,(H,12,14). The molecule has 3 N–H and O–H groups in total. The second-order valence-corrected chi connectivity index (χ2v) is 6.01. The van der Waals surface area contributed by atoms with Crippen LogP contribution in [0.5, 0.6) is 0 Å². The van der Waals surface area contributed by atoms with Crippen molar-refractivity contribution in [3.05, 3.63) is 0 Å². The summed E-state index contributed by atoms with van der Waals surface area (Å²) in [5, 5.41) is 0. The van der Waals surface area contributed by atoms with Crippen molar-refractivity contribution in [2.75, 3.05) is 19.7 Å². The van der Waals surface area contributed by atoms with Gasteiger partial charge in [0.1, 0.15) is 0 Å². The lowest BCUT2D eigenvalue weighted by Gasteiger charge is -2.35. The van der Waals surface area contributed by atoms with Crippen LogP contribution in [0.4, 0.5) is 4.79 Å². The molecule has 0 heterocycles. The lowest BCUT2D eigenvalue weighted by atomic mass is 10.1. The Kier molecular flexibility index (Phi) is 6.58. The molecule has 0 rings (SSSR count). The van der Waals surface area contributed by atoms with Crippen LogP contribution in [0.1, 0.15) is 34.1 Å². The van der Waals surface area contributed by atoms with Gasteiger partial charge in [-0.25, -0.2) is 9.52 Å². The number of hydrogen-bond acceptors (Lipinski definition) is 5. The van der Waals surface area contributed by atoms with Crippen molar-refractivity contribution in [1.82, 2.24) is 9.03 Å². The van der Waals surface area contributed by atoms with Gasteiger partial charge in [-0.3, -0.25) is 0 Å². The van der Waals surface area contributed by atoms with Crippen LogP contribution in [0.3, 0.4) is 0 Å². The van der Waals surface area contributed by atoms with E-state index in [4.69, 9.17) is 5.73 Å². The molecule has 0 aliphatic carbocycles. The summed E-state index contributed by atoms with van der Waals surface area (Å²) in [6.45, 7) is 7.38. The molecular formula is C10H23N3O4S. The first-order valence-corrected chi connectivity index (χ1v) is 7.32. The Balaban J connectivity index is 5.05. The number of ether oxygens (including phenoxy) is 1. The summed E-state index contributed by atoms with van der Waals surface area (Å²) in [5.41, 5.74) is 4.80. The number of nitrogens with two attached hydrogens (primary N) is 1. The van der Waals surface area contributed by atoms with Gasteiger partial charge in [0.25, 0.3) is 0 Å². The van der Waals surface area contributed by atoms with E-state index in [9.17, 15) is 13.2 Å². The molecular weight excluding hydrogens is 258 g/mol. The van der Waals surface area contributed by atoms with Crippen molar-refractivity contribution >= 4 is 16.3 Å². The van der Waals surface area contributed by atoms with Gasteiger partial charge in [-0.2, -0.15) is 12.7 Å². The smallest absolute Gasteiger partial charge is 0.421 e. The zero-order chi connectivity index (χ0) is 14.4. The minimum Gasteiger partial charge on any atom is -0.449 e. The van der Waals surface area contributed by atoms with E-state index >= 15 is 0 Å². The maximum absolute atomic E-state index is 12.1. The fraction of sp³-hybridized carbons (Fsp3) is 0.900. The van der Waals surface area contributed by atoms with Crippen molar-refractivity contribution in [2.24, 2.45) is 5.73 Å². The topological polar surface area (TPSA) is 102 Å². The minimum atomic E-state index is -3.95. The highest BCUT2D eigenvalue weighted by Gasteiger charge is 2.35. The third kappa shape index (κ3) is 4.79. The molecule has 0 saturated heterocycles. The lowest BCUT2D eigenvalue weighted by Crippen LogP contribution is -2.56. The van der Waals surface area contributed by atoms with E-state index in [1.54, 1.807) is 20.8 Å². The third-order valence-electron chi connectivity index (χ3n) is 2.38. The van der Waals surface area contributed by atoms with Crippen LogP contribution >= 0.6 is 0 Å². The van der Waals surface area contributed by atoms with Crippen LogP contribution in [0, 0.1) is 0 Å². The Morgan fingerprint density at radius 3 is 2.33 bits per heavy atom. The number of carbonyl (C=O) groups is 1. The fourth-order valence-electron chi connectivity index (χ4n) is 1.37. The quantitative estimate of drug-likeness (QED) is 0.704. The normalized spacial score (nSPS) is 12.6. The molecule has 8 heteroatoms. The van der Waals surface area contributed by atoms with Crippen molar-refractivity contribution in [2.45, 2.75) is 39.7 Å². The summed E-state index contributed by atoms with van der Waals surface area (Å²) >= 11 is 0. The molecule has 0 aromatic carbocycles. The molecule has 0 saturated carbocycles. The van der Waals surface area contributed by atoms with Gasteiger partial charge in [0.2, 0.25) is 0 Å². The molecule has 0 bridgehead atoms. The van der Waals surface area contributed by atoms with Crippen LogP contribution in [-0.2, 0) is 14.9 Å². The second-order valence-electron chi connectivity index (χ2n) is 4.42. The number of nitrogens with one attached hydrogen (secondary N) is 1. The van der Waals surface area contributed by atoms with Crippen LogP contribution in [0.25, 0.3) is 0 Å². The third-order valence-corrected chi connectivity index (χ3v) is 4.06. The van der Waals surface area contributed by atoms with Gasteiger partial charge in [-0.1, -0.05) is 6.92 Å². The van der Waals surface area contributed by atoms with Gasteiger partial charge in [-0.15, -0.1) is 0 Å². The summed E-state index contributed by atoms with van der Waals surface area (Å²) < 4.78 is 31.7. The molecule has 0 aromatic heterocycles. The fourth-order valence-corrected chi connectivity index (χ4v) is 2.90. The number of hydrogen-bond donors (Lipinski definition) is 2. The van der Waals surface area contributed by atoms with Gasteiger partial charge >= 0.3 is 16.3 Å². The predicted octanol–water partition coefficient (Wildman–Crippen LogP) is 0.427. The predicted molar refractivity (Wildman–Crippen MR) is 69.2 cm³/mol. The Bertz CT molecular complexity index is 367. The summed E-state index contributed by atoms with van der Waals surface area (Å²) in [6, 6.07) is 0. The first kappa shape index (κ1) is 17.1. The molecule has 0 radical (unpaired) electrons. The summed E-state index contributed by atoms with van der Waals surface area (Å²) in [6.07, 6.45) is -0.362. The maximum Gasteiger partial charge on any atom is 0.421 e. The van der Waals surface area contributed by atoms with Crippen LogP contribution < -0.4 is 10.5 Å². The maximum atomic E-state index is 12.1. The van der Waals surface area contributed by atoms with Crippen molar-refractivity contribution in [1.29, 1.82) is 0 Å². The highest BCUT2D eigenvalue weighted by Crippen LogP contribution is 2.17. The van der Waals surface area contributed by atoms with E-state index in [1.807, 2.05) is 11.6 Å². The lowest BCUT2D eigenvalue weighted by molar-refractivity contribution is 0.156. The van der Waals surface area contributed by atoms with Crippen LogP contribution in [0.15, 0.2) is 0 Å². The molecule has 0 unspecified atom stereocenters. The van der Waals surface area contributed by atoms with Gasteiger partial charge in [0.15, 0.2) is 0 Å². The van der Waals surface area contributed by atoms with Crippen molar-refractivity contribution < 1.29 is 17.9 Å². The van der Waals surface area contributed by atoms with E-state index < -0.39 is 21.8 Å². The van der Waals surface area contributed by atoms with E-state index in [2.05, 4.69) is 4.74 Å². The molecule has 0 aliphatic heterocycles. The number of carbonyl (C=O) groups excluding carboxylic acids is 1. The van der Waals surface area contributed by atoms with E-state index in [1.165, 1.54) is 4.31 Å². The molecule has 0 fully saturated rings. The van der Waals surface area contributed by atoms with E-state index in [0.717, 1.165) is 0 Å². The average molecular weight is 281 g/mol. The Hall–Kier alpha value is -0.860. The number of rotatable bonds is 7. The molecule has 0 aromatic rings. The van der Waals surface area contributed by atoms with E-state index in [0.29, 0.717) is 6.42 Å². The molecule has 7 nitrogen and oxygen atoms in total. The summed E-state index contributed by atoms with van der Waals surface area (Å²) in [4.78, 5) is 11.2. The monoisotopic (exact) mass is 281 g/mol. The van der Waals surface area contributed by atoms with Crippen molar-refractivity contribution in [3.63, 3.8) is 0 Å². The second kappa shape index (κ2) is 6.91. The average Bonchev–Trinajstić information content (AvgIpc) is 2.24. The first-order valence-electron chi connectivity index (χ1n) is 5.88. The highest BCUT2D eigenvalue weighted by atomic mass is 32.2. The summed E-state index contributed by atoms with van der Waals surface area (Å²) in [5.74, 6) is 0. The Labute approximate surface area is 109 Å². The van der Waals surface area contributed by atoms with Gasteiger partial charge in [0.05, 0.1) is 6.61 Å².